The van der Waals surface area contributed by atoms with Crippen molar-refractivity contribution in [3.63, 3.8) is 0 Å². The monoisotopic (exact) mass is 454 g/mol. The van der Waals surface area contributed by atoms with Crippen molar-refractivity contribution in [2.75, 3.05) is 0 Å². The predicted molar refractivity (Wildman–Crippen MR) is 114 cm³/mol. The van der Waals surface area contributed by atoms with Crippen molar-refractivity contribution >= 4 is 23.6 Å². The molecule has 1 aromatic heterocycles. The zero-order valence-corrected chi connectivity index (χ0v) is 17.4. The zero-order valence-electron chi connectivity index (χ0n) is 17.4. The van der Waals surface area contributed by atoms with Gasteiger partial charge in [0.05, 0.1) is 28.3 Å². The van der Waals surface area contributed by atoms with E-state index in [1.807, 2.05) is 6.07 Å². The number of aryl methyl sites for hydroxylation is 1. The Balaban J connectivity index is 2.15. The topological polar surface area (TPSA) is 103 Å². The summed E-state index contributed by atoms with van der Waals surface area (Å²) in [4.78, 5) is 22.9. The standard InChI is InChI=1S/C24H17F3N2O4/c1-13-6-16(7-19(12-28)15-4-3-5-20(9-15)24(25,26)27)14(2)29(13)21-10-17(22(30)31)8-18(11-21)23(32)33/h3-11H,1-2H3,(H,30,31)(H,32,33)/b19-7-. The lowest BCUT2D eigenvalue weighted by atomic mass is 10.0. The van der Waals surface area contributed by atoms with E-state index in [0.717, 1.165) is 18.2 Å². The van der Waals surface area contributed by atoms with Crippen molar-refractivity contribution in [1.82, 2.24) is 4.57 Å². The molecule has 0 aliphatic carbocycles. The summed E-state index contributed by atoms with van der Waals surface area (Å²) >= 11 is 0. The molecule has 33 heavy (non-hydrogen) atoms. The van der Waals surface area contributed by atoms with E-state index in [0.29, 0.717) is 22.6 Å². The third kappa shape index (κ3) is 4.80. The fourth-order valence-corrected chi connectivity index (χ4v) is 3.52. The van der Waals surface area contributed by atoms with E-state index in [1.165, 1.54) is 30.3 Å². The number of aromatic nitrogens is 1. The molecule has 9 heteroatoms. The Bertz CT molecular complexity index is 1310. The van der Waals surface area contributed by atoms with Gasteiger partial charge in [-0.05, 0) is 67.4 Å². The molecule has 2 N–H and O–H groups in total. The summed E-state index contributed by atoms with van der Waals surface area (Å²) in [6.45, 7) is 3.38. The van der Waals surface area contributed by atoms with Crippen LogP contribution in [0.5, 0.6) is 0 Å². The highest BCUT2D eigenvalue weighted by molar-refractivity contribution is 5.95. The molecule has 0 unspecified atom stereocenters. The summed E-state index contributed by atoms with van der Waals surface area (Å²) in [6.07, 6.45) is -3.11. The number of halogens is 3. The lowest BCUT2D eigenvalue weighted by Gasteiger charge is -2.12. The molecule has 0 radical (unpaired) electrons. The number of nitriles is 1. The van der Waals surface area contributed by atoms with Gasteiger partial charge in [0.25, 0.3) is 0 Å². The second-order valence-corrected chi connectivity index (χ2v) is 7.29. The quantitative estimate of drug-likeness (QED) is 0.491. The van der Waals surface area contributed by atoms with Gasteiger partial charge in [-0.25, -0.2) is 9.59 Å². The first-order valence-corrected chi connectivity index (χ1v) is 9.52. The van der Waals surface area contributed by atoms with Crippen molar-refractivity contribution < 1.29 is 33.0 Å². The number of benzene rings is 2. The molecule has 3 rings (SSSR count). The molecule has 0 spiro atoms. The van der Waals surface area contributed by atoms with Gasteiger partial charge in [-0.2, -0.15) is 18.4 Å². The van der Waals surface area contributed by atoms with E-state index in [4.69, 9.17) is 0 Å². The SMILES string of the molecule is Cc1cc(/C=C(/C#N)c2cccc(C(F)(F)F)c2)c(C)n1-c1cc(C(=O)O)cc(C(=O)O)c1. The first kappa shape index (κ1) is 23.3. The Morgan fingerprint density at radius 2 is 1.58 bits per heavy atom. The zero-order chi connectivity index (χ0) is 24.5. The molecule has 3 aromatic rings. The first-order chi connectivity index (χ1) is 15.4. The Hall–Kier alpha value is -4.32. The highest BCUT2D eigenvalue weighted by atomic mass is 19.4. The molecule has 1 heterocycles. The van der Waals surface area contributed by atoms with Crippen molar-refractivity contribution in [1.29, 1.82) is 5.26 Å². The van der Waals surface area contributed by atoms with Crippen LogP contribution in [0.3, 0.4) is 0 Å². The molecular weight excluding hydrogens is 437 g/mol. The van der Waals surface area contributed by atoms with Crippen LogP contribution in [-0.4, -0.2) is 26.7 Å². The van der Waals surface area contributed by atoms with Crippen LogP contribution < -0.4 is 0 Å². The van der Waals surface area contributed by atoms with Crippen LogP contribution in [0.4, 0.5) is 13.2 Å². The summed E-state index contributed by atoms with van der Waals surface area (Å²) in [5.74, 6) is -2.59. The predicted octanol–water partition coefficient (Wildman–Crippen LogP) is 5.57. The van der Waals surface area contributed by atoms with E-state index in [-0.39, 0.29) is 22.3 Å². The Kier molecular flexibility index (Phi) is 6.13. The van der Waals surface area contributed by atoms with E-state index < -0.39 is 23.7 Å². The third-order valence-corrected chi connectivity index (χ3v) is 5.06. The molecule has 0 bridgehead atoms. The fraction of sp³-hybridized carbons (Fsp3) is 0.125. The van der Waals surface area contributed by atoms with E-state index in [9.17, 15) is 38.2 Å². The number of alkyl halides is 3. The van der Waals surface area contributed by atoms with Crippen molar-refractivity contribution in [3.05, 3.63) is 87.7 Å². The normalized spacial score (nSPS) is 11.8. The number of carbonyl (C=O) groups is 2. The number of carboxylic acid groups (broad SMARTS) is 2. The summed E-state index contributed by atoms with van der Waals surface area (Å²) < 4.78 is 40.8. The molecule has 0 atom stereocenters. The Labute approximate surface area is 186 Å². The lowest BCUT2D eigenvalue weighted by molar-refractivity contribution is -0.137. The van der Waals surface area contributed by atoms with Gasteiger partial charge in [0.15, 0.2) is 0 Å². The molecule has 0 aliphatic rings. The summed E-state index contributed by atoms with van der Waals surface area (Å²) in [6, 6.07) is 11.7. The van der Waals surface area contributed by atoms with Crippen molar-refractivity contribution in [3.8, 4) is 11.8 Å². The molecule has 0 fully saturated rings. The van der Waals surface area contributed by atoms with Crippen LogP contribution in [0, 0.1) is 25.2 Å². The van der Waals surface area contributed by atoms with Crippen molar-refractivity contribution in [2.45, 2.75) is 20.0 Å². The van der Waals surface area contributed by atoms with Gasteiger partial charge >= 0.3 is 18.1 Å². The number of hydrogen-bond acceptors (Lipinski definition) is 3. The van der Waals surface area contributed by atoms with Gasteiger partial charge in [-0.15, -0.1) is 0 Å². The maximum atomic E-state index is 13.1. The first-order valence-electron chi connectivity index (χ1n) is 9.52. The van der Waals surface area contributed by atoms with Crippen LogP contribution in [0.1, 0.15) is 48.8 Å². The average molecular weight is 454 g/mol. The minimum atomic E-state index is -4.55. The van der Waals surface area contributed by atoms with Gasteiger partial charge in [0.1, 0.15) is 0 Å². The maximum Gasteiger partial charge on any atom is 0.416 e. The molecule has 2 aromatic carbocycles. The van der Waals surface area contributed by atoms with Crippen LogP contribution in [0.2, 0.25) is 0 Å². The van der Waals surface area contributed by atoms with Crippen LogP contribution in [0.15, 0.2) is 48.5 Å². The molecule has 0 saturated heterocycles. The van der Waals surface area contributed by atoms with E-state index in [2.05, 4.69) is 0 Å². The average Bonchev–Trinajstić information content (AvgIpc) is 3.03. The number of aromatic carboxylic acids is 2. The number of rotatable bonds is 5. The largest absolute Gasteiger partial charge is 0.478 e. The highest BCUT2D eigenvalue weighted by Crippen LogP contribution is 2.32. The van der Waals surface area contributed by atoms with E-state index >= 15 is 0 Å². The van der Waals surface area contributed by atoms with Gasteiger partial charge in [-0.3, -0.25) is 0 Å². The summed E-state index contributed by atoms with van der Waals surface area (Å²) in [5.41, 5.74) is 0.763. The summed E-state index contributed by atoms with van der Waals surface area (Å²) in [7, 11) is 0. The van der Waals surface area contributed by atoms with Gasteiger partial charge in [0.2, 0.25) is 0 Å². The van der Waals surface area contributed by atoms with Gasteiger partial charge < -0.3 is 14.8 Å². The summed E-state index contributed by atoms with van der Waals surface area (Å²) in [5, 5.41) is 28.2. The maximum absolute atomic E-state index is 13.1. The van der Waals surface area contributed by atoms with Crippen molar-refractivity contribution in [2.24, 2.45) is 0 Å². The fourth-order valence-electron chi connectivity index (χ4n) is 3.52. The lowest BCUT2D eigenvalue weighted by Crippen LogP contribution is -2.07. The van der Waals surface area contributed by atoms with Gasteiger partial charge in [-0.1, -0.05) is 12.1 Å². The number of nitrogens with zero attached hydrogens (tertiary/aromatic N) is 2. The van der Waals surface area contributed by atoms with E-state index in [1.54, 1.807) is 24.5 Å². The highest BCUT2D eigenvalue weighted by Gasteiger charge is 2.30. The molecule has 0 aliphatic heterocycles. The molecule has 6 nitrogen and oxygen atoms in total. The van der Waals surface area contributed by atoms with Gasteiger partial charge in [0, 0.05) is 17.1 Å². The number of carboxylic acids is 2. The third-order valence-electron chi connectivity index (χ3n) is 5.06. The molecule has 168 valence electrons. The second kappa shape index (κ2) is 8.67. The Morgan fingerprint density at radius 3 is 2.09 bits per heavy atom. The second-order valence-electron chi connectivity index (χ2n) is 7.29. The molecular formula is C24H17F3N2O4. The minimum Gasteiger partial charge on any atom is -0.478 e. The minimum absolute atomic E-state index is 0.00635. The molecule has 0 saturated carbocycles. The Morgan fingerprint density at radius 1 is 0.970 bits per heavy atom. The number of allylic oxidation sites excluding steroid dienone is 1. The smallest absolute Gasteiger partial charge is 0.416 e. The van der Waals surface area contributed by atoms with Crippen LogP contribution >= 0.6 is 0 Å². The molecule has 0 amide bonds. The van der Waals surface area contributed by atoms with Crippen LogP contribution in [-0.2, 0) is 6.18 Å². The number of hydrogen-bond donors (Lipinski definition) is 2. The van der Waals surface area contributed by atoms with Crippen LogP contribution in [0.25, 0.3) is 17.3 Å².